The molecule has 3 rings (SSSR count). The Hall–Kier alpha value is -1.49. The molecule has 2 heterocycles. The van der Waals surface area contributed by atoms with Crippen LogP contribution in [-0.4, -0.2) is 36.0 Å². The first-order valence-electron chi connectivity index (χ1n) is 7.62. The minimum absolute atomic E-state index is 0.0113. The van der Waals surface area contributed by atoms with Crippen LogP contribution >= 0.6 is 0 Å². The van der Waals surface area contributed by atoms with Crippen LogP contribution < -0.4 is 5.32 Å². The molecule has 2 atom stereocenters. The predicted molar refractivity (Wildman–Crippen MR) is 75.8 cm³/mol. The lowest BCUT2D eigenvalue weighted by atomic mass is 10.0. The summed E-state index contributed by atoms with van der Waals surface area (Å²) in [5, 5.41) is 3.46. The summed E-state index contributed by atoms with van der Waals surface area (Å²) in [5.74, 6) is -1.76. The molecule has 0 saturated carbocycles. The molecule has 5 heteroatoms. The SMILES string of the molecule is O=C(Cc1ccc(F)c(F)c1)N1CCCC1C1CCCN1. The van der Waals surface area contributed by atoms with Crippen LogP contribution in [-0.2, 0) is 11.2 Å². The van der Waals surface area contributed by atoms with E-state index in [4.69, 9.17) is 0 Å². The zero-order chi connectivity index (χ0) is 14.8. The topological polar surface area (TPSA) is 32.3 Å². The monoisotopic (exact) mass is 294 g/mol. The van der Waals surface area contributed by atoms with Gasteiger partial charge in [-0.15, -0.1) is 0 Å². The fourth-order valence-corrected chi connectivity index (χ4v) is 3.49. The summed E-state index contributed by atoms with van der Waals surface area (Å²) < 4.78 is 26.1. The quantitative estimate of drug-likeness (QED) is 0.927. The average Bonchev–Trinajstić information content (AvgIpc) is 3.12. The van der Waals surface area contributed by atoms with Gasteiger partial charge in [-0.2, -0.15) is 0 Å². The number of hydrogen-bond acceptors (Lipinski definition) is 2. The lowest BCUT2D eigenvalue weighted by molar-refractivity contribution is -0.131. The summed E-state index contributed by atoms with van der Waals surface area (Å²) in [6, 6.07) is 4.32. The predicted octanol–water partition coefficient (Wildman–Crippen LogP) is 2.25. The number of nitrogens with zero attached hydrogens (tertiary/aromatic N) is 1. The maximum Gasteiger partial charge on any atom is 0.227 e. The average molecular weight is 294 g/mol. The van der Waals surface area contributed by atoms with E-state index in [1.54, 1.807) is 0 Å². The molecule has 2 aliphatic heterocycles. The van der Waals surface area contributed by atoms with Crippen molar-refractivity contribution in [2.45, 2.75) is 44.2 Å². The molecule has 2 fully saturated rings. The Kier molecular flexibility index (Phi) is 4.19. The zero-order valence-electron chi connectivity index (χ0n) is 11.9. The number of halogens is 2. The van der Waals surface area contributed by atoms with Crippen molar-refractivity contribution in [3.63, 3.8) is 0 Å². The van der Waals surface area contributed by atoms with Gasteiger partial charge in [0.05, 0.1) is 6.42 Å². The highest BCUT2D eigenvalue weighted by atomic mass is 19.2. The van der Waals surface area contributed by atoms with Gasteiger partial charge < -0.3 is 10.2 Å². The van der Waals surface area contributed by atoms with E-state index in [1.165, 1.54) is 6.07 Å². The molecule has 1 N–H and O–H groups in total. The summed E-state index contributed by atoms with van der Waals surface area (Å²) in [5.41, 5.74) is 0.531. The first-order valence-corrected chi connectivity index (χ1v) is 7.62. The summed E-state index contributed by atoms with van der Waals surface area (Å²) in [6.45, 7) is 1.79. The number of benzene rings is 1. The number of rotatable bonds is 3. The molecular weight excluding hydrogens is 274 g/mol. The summed E-state index contributed by atoms with van der Waals surface area (Å²) in [6.07, 6.45) is 4.46. The first kappa shape index (κ1) is 14.4. The first-order chi connectivity index (χ1) is 10.1. The number of carbonyl (C=O) groups is 1. The van der Waals surface area contributed by atoms with Crippen molar-refractivity contribution < 1.29 is 13.6 Å². The van der Waals surface area contributed by atoms with Crippen molar-refractivity contribution in [2.24, 2.45) is 0 Å². The van der Waals surface area contributed by atoms with Crippen LogP contribution in [0.15, 0.2) is 18.2 Å². The molecule has 0 spiro atoms. The Labute approximate surface area is 123 Å². The van der Waals surface area contributed by atoms with E-state index in [0.29, 0.717) is 11.6 Å². The van der Waals surface area contributed by atoms with Crippen LogP contribution in [0.25, 0.3) is 0 Å². The molecule has 1 aromatic carbocycles. The molecule has 0 radical (unpaired) electrons. The highest BCUT2D eigenvalue weighted by Gasteiger charge is 2.35. The third-order valence-corrected chi connectivity index (χ3v) is 4.52. The third kappa shape index (κ3) is 3.07. The summed E-state index contributed by atoms with van der Waals surface area (Å²) in [7, 11) is 0. The van der Waals surface area contributed by atoms with Gasteiger partial charge in [0.25, 0.3) is 0 Å². The van der Waals surface area contributed by atoms with Crippen molar-refractivity contribution in [3.05, 3.63) is 35.4 Å². The van der Waals surface area contributed by atoms with Gasteiger partial charge in [-0.05, 0) is 49.9 Å². The number of amides is 1. The summed E-state index contributed by atoms with van der Waals surface area (Å²) >= 11 is 0. The molecular formula is C16H20F2N2O. The molecule has 2 unspecified atom stereocenters. The van der Waals surface area contributed by atoms with Crippen molar-refractivity contribution in [3.8, 4) is 0 Å². The van der Waals surface area contributed by atoms with Gasteiger partial charge in [0.2, 0.25) is 5.91 Å². The van der Waals surface area contributed by atoms with E-state index in [2.05, 4.69) is 5.32 Å². The lowest BCUT2D eigenvalue weighted by Gasteiger charge is -2.29. The Morgan fingerprint density at radius 3 is 2.81 bits per heavy atom. The highest BCUT2D eigenvalue weighted by molar-refractivity contribution is 5.79. The molecule has 21 heavy (non-hydrogen) atoms. The number of hydrogen-bond donors (Lipinski definition) is 1. The van der Waals surface area contributed by atoms with Gasteiger partial charge in [-0.1, -0.05) is 6.07 Å². The molecule has 3 nitrogen and oxygen atoms in total. The van der Waals surface area contributed by atoms with Crippen molar-refractivity contribution >= 4 is 5.91 Å². The van der Waals surface area contributed by atoms with E-state index >= 15 is 0 Å². The Morgan fingerprint density at radius 1 is 1.24 bits per heavy atom. The van der Waals surface area contributed by atoms with Gasteiger partial charge in [0.1, 0.15) is 0 Å². The molecule has 1 amide bonds. The van der Waals surface area contributed by atoms with Crippen LogP contribution in [0.1, 0.15) is 31.2 Å². The number of likely N-dealkylation sites (tertiary alicyclic amines) is 1. The number of nitrogens with one attached hydrogen (secondary N) is 1. The van der Waals surface area contributed by atoms with Crippen molar-refractivity contribution in [1.82, 2.24) is 10.2 Å². The van der Waals surface area contributed by atoms with Crippen LogP contribution in [0.4, 0.5) is 8.78 Å². The zero-order valence-corrected chi connectivity index (χ0v) is 11.9. The second-order valence-corrected chi connectivity index (χ2v) is 5.92. The van der Waals surface area contributed by atoms with E-state index in [1.807, 2.05) is 4.90 Å². The molecule has 2 aliphatic rings. The third-order valence-electron chi connectivity index (χ3n) is 4.52. The molecule has 0 aliphatic carbocycles. The summed E-state index contributed by atoms with van der Waals surface area (Å²) in [4.78, 5) is 14.4. The smallest absolute Gasteiger partial charge is 0.227 e. The highest BCUT2D eigenvalue weighted by Crippen LogP contribution is 2.25. The molecule has 0 bridgehead atoms. The normalized spacial score (nSPS) is 25.5. The van der Waals surface area contributed by atoms with Crippen LogP contribution in [0.5, 0.6) is 0 Å². The second-order valence-electron chi connectivity index (χ2n) is 5.92. The van der Waals surface area contributed by atoms with Gasteiger partial charge in [0.15, 0.2) is 11.6 Å². The molecule has 0 aromatic heterocycles. The fourth-order valence-electron chi connectivity index (χ4n) is 3.49. The van der Waals surface area contributed by atoms with Gasteiger partial charge in [-0.25, -0.2) is 8.78 Å². The largest absolute Gasteiger partial charge is 0.338 e. The number of carbonyl (C=O) groups excluding carboxylic acids is 1. The second kappa shape index (κ2) is 6.10. The molecule has 1 aromatic rings. The Bertz CT molecular complexity index is 529. The Morgan fingerprint density at radius 2 is 2.10 bits per heavy atom. The van der Waals surface area contributed by atoms with Gasteiger partial charge in [-0.3, -0.25) is 4.79 Å². The van der Waals surface area contributed by atoms with E-state index < -0.39 is 11.6 Å². The maximum absolute atomic E-state index is 13.2. The van der Waals surface area contributed by atoms with Crippen molar-refractivity contribution in [2.75, 3.05) is 13.1 Å². The lowest BCUT2D eigenvalue weighted by Crippen LogP contribution is -2.47. The fraction of sp³-hybridized carbons (Fsp3) is 0.562. The minimum atomic E-state index is -0.893. The maximum atomic E-state index is 13.2. The van der Waals surface area contributed by atoms with E-state index in [0.717, 1.165) is 50.9 Å². The van der Waals surface area contributed by atoms with Crippen molar-refractivity contribution in [1.29, 1.82) is 0 Å². The molecule has 114 valence electrons. The van der Waals surface area contributed by atoms with Crippen LogP contribution in [0, 0.1) is 11.6 Å². The minimum Gasteiger partial charge on any atom is -0.338 e. The van der Waals surface area contributed by atoms with E-state index in [-0.39, 0.29) is 18.4 Å². The Balaban J connectivity index is 1.67. The molecule has 2 saturated heterocycles. The van der Waals surface area contributed by atoms with Crippen LogP contribution in [0.3, 0.4) is 0 Å². The van der Waals surface area contributed by atoms with Gasteiger partial charge >= 0.3 is 0 Å². The van der Waals surface area contributed by atoms with Gasteiger partial charge in [0, 0.05) is 18.6 Å². The van der Waals surface area contributed by atoms with Crippen LogP contribution in [0.2, 0.25) is 0 Å². The standard InChI is InChI=1S/C16H20F2N2O/c17-12-6-5-11(9-13(12)18)10-16(21)20-8-2-4-15(20)14-3-1-7-19-14/h5-6,9,14-15,19H,1-4,7-8,10H2. The van der Waals surface area contributed by atoms with E-state index in [9.17, 15) is 13.6 Å².